The fourth-order valence-electron chi connectivity index (χ4n) is 2.65. The molecule has 0 spiro atoms. The summed E-state index contributed by atoms with van der Waals surface area (Å²) in [4.78, 5) is 6.76. The summed E-state index contributed by atoms with van der Waals surface area (Å²) >= 11 is 2.07. The number of hydrogen-bond donors (Lipinski definition) is 2. The van der Waals surface area contributed by atoms with E-state index in [9.17, 15) is 0 Å². The molecule has 5 nitrogen and oxygen atoms in total. The molecule has 116 valence electrons. The average Bonchev–Trinajstić information content (AvgIpc) is 2.98. The van der Waals surface area contributed by atoms with Gasteiger partial charge in [-0.2, -0.15) is 11.8 Å². The zero-order valence-electron chi connectivity index (χ0n) is 12.7. The number of nitrogens with zero attached hydrogens (tertiary/aromatic N) is 2. The first-order valence-electron chi connectivity index (χ1n) is 7.67. The predicted molar refractivity (Wildman–Crippen MR) is 86.7 cm³/mol. The highest BCUT2D eigenvalue weighted by Gasteiger charge is 2.18. The minimum atomic E-state index is 0.524. The molecule has 2 unspecified atom stereocenters. The van der Waals surface area contributed by atoms with Crippen molar-refractivity contribution in [3.8, 4) is 0 Å². The van der Waals surface area contributed by atoms with Gasteiger partial charge in [0.25, 0.3) is 0 Å². The fourth-order valence-corrected chi connectivity index (χ4v) is 3.85. The maximum absolute atomic E-state index is 5.46. The van der Waals surface area contributed by atoms with Gasteiger partial charge in [0, 0.05) is 44.5 Å². The van der Waals surface area contributed by atoms with E-state index in [0.29, 0.717) is 6.04 Å². The van der Waals surface area contributed by atoms with E-state index in [-0.39, 0.29) is 0 Å². The lowest BCUT2D eigenvalue weighted by Gasteiger charge is -2.33. The van der Waals surface area contributed by atoms with Gasteiger partial charge < -0.3 is 15.4 Å². The number of thioether (sulfide) groups is 1. The van der Waals surface area contributed by atoms with E-state index >= 15 is 0 Å². The molecular weight excluding hydrogens is 272 g/mol. The summed E-state index contributed by atoms with van der Waals surface area (Å²) in [7, 11) is 1.84. The summed E-state index contributed by atoms with van der Waals surface area (Å²) < 4.78 is 5.46. The van der Waals surface area contributed by atoms with E-state index in [1.807, 2.05) is 7.05 Å². The lowest BCUT2D eigenvalue weighted by atomic mass is 10.2. The van der Waals surface area contributed by atoms with E-state index in [4.69, 9.17) is 4.74 Å². The van der Waals surface area contributed by atoms with E-state index < -0.39 is 0 Å². The van der Waals surface area contributed by atoms with E-state index in [1.54, 1.807) is 0 Å². The number of hydrogen-bond acceptors (Lipinski definition) is 4. The van der Waals surface area contributed by atoms with Crippen molar-refractivity contribution in [2.24, 2.45) is 4.99 Å². The highest BCUT2D eigenvalue weighted by Crippen LogP contribution is 2.25. The number of morpholine rings is 1. The van der Waals surface area contributed by atoms with Crippen molar-refractivity contribution in [1.29, 1.82) is 0 Å². The summed E-state index contributed by atoms with van der Waals surface area (Å²) in [6.07, 6.45) is 2.69. The third kappa shape index (κ3) is 5.14. The molecule has 2 rings (SSSR count). The average molecular weight is 300 g/mol. The van der Waals surface area contributed by atoms with Crippen LogP contribution in [-0.4, -0.2) is 74.3 Å². The third-order valence-corrected chi connectivity index (χ3v) is 5.34. The minimum absolute atomic E-state index is 0.524. The second-order valence-electron chi connectivity index (χ2n) is 5.47. The molecule has 2 fully saturated rings. The Morgan fingerprint density at radius 2 is 2.35 bits per heavy atom. The first kappa shape index (κ1) is 15.9. The molecule has 2 aliphatic heterocycles. The molecule has 0 aromatic carbocycles. The fraction of sp³-hybridized carbons (Fsp3) is 0.929. The molecule has 0 bridgehead atoms. The third-order valence-electron chi connectivity index (χ3n) is 3.94. The van der Waals surface area contributed by atoms with Gasteiger partial charge in [-0.15, -0.1) is 0 Å². The van der Waals surface area contributed by atoms with Crippen LogP contribution in [0.1, 0.15) is 19.8 Å². The molecule has 2 heterocycles. The number of rotatable bonds is 5. The SMILES string of the molecule is CN=C(NCCN1CCOCC1C)NCC1CCCS1. The van der Waals surface area contributed by atoms with Crippen molar-refractivity contribution in [2.45, 2.75) is 31.1 Å². The zero-order chi connectivity index (χ0) is 14.2. The monoisotopic (exact) mass is 300 g/mol. The van der Waals surface area contributed by atoms with Gasteiger partial charge >= 0.3 is 0 Å². The van der Waals surface area contributed by atoms with Crippen molar-refractivity contribution in [3.05, 3.63) is 0 Å². The lowest BCUT2D eigenvalue weighted by Crippen LogP contribution is -2.48. The Labute approximate surface area is 126 Å². The van der Waals surface area contributed by atoms with Crippen molar-refractivity contribution < 1.29 is 4.74 Å². The predicted octanol–water partition coefficient (Wildman–Crippen LogP) is 0.768. The summed E-state index contributed by atoms with van der Waals surface area (Å²) in [5, 5.41) is 7.60. The molecule has 0 saturated carbocycles. The second kappa shape index (κ2) is 8.74. The second-order valence-corrected chi connectivity index (χ2v) is 6.88. The first-order chi connectivity index (χ1) is 9.79. The van der Waals surface area contributed by atoms with Gasteiger partial charge in [0.1, 0.15) is 0 Å². The Bertz CT molecular complexity index is 308. The van der Waals surface area contributed by atoms with Crippen molar-refractivity contribution in [1.82, 2.24) is 15.5 Å². The number of nitrogens with one attached hydrogen (secondary N) is 2. The van der Waals surface area contributed by atoms with Crippen LogP contribution in [0.4, 0.5) is 0 Å². The van der Waals surface area contributed by atoms with Crippen LogP contribution in [-0.2, 0) is 4.74 Å². The summed E-state index contributed by atoms with van der Waals surface area (Å²) in [6.45, 7) is 7.97. The lowest BCUT2D eigenvalue weighted by molar-refractivity contribution is 0.000880. The number of ether oxygens (including phenoxy) is 1. The topological polar surface area (TPSA) is 48.9 Å². The summed E-state index contributed by atoms with van der Waals surface area (Å²) in [5.41, 5.74) is 0. The van der Waals surface area contributed by atoms with Gasteiger partial charge in [-0.1, -0.05) is 0 Å². The molecule has 6 heteroatoms. The van der Waals surface area contributed by atoms with Crippen LogP contribution in [0.5, 0.6) is 0 Å². The van der Waals surface area contributed by atoms with Crippen LogP contribution < -0.4 is 10.6 Å². The van der Waals surface area contributed by atoms with Crippen molar-refractivity contribution >= 4 is 17.7 Å². The van der Waals surface area contributed by atoms with E-state index in [0.717, 1.165) is 50.6 Å². The molecule has 2 N–H and O–H groups in total. The van der Waals surface area contributed by atoms with Crippen LogP contribution in [0.25, 0.3) is 0 Å². The molecule has 0 aliphatic carbocycles. The van der Waals surface area contributed by atoms with Gasteiger partial charge in [-0.3, -0.25) is 9.89 Å². The van der Waals surface area contributed by atoms with Crippen LogP contribution in [0.2, 0.25) is 0 Å². The van der Waals surface area contributed by atoms with Crippen LogP contribution in [0.3, 0.4) is 0 Å². The Hall–Kier alpha value is -0.460. The summed E-state index contributed by atoms with van der Waals surface area (Å²) in [5.74, 6) is 2.24. The van der Waals surface area contributed by atoms with E-state index in [1.165, 1.54) is 18.6 Å². The number of guanidine groups is 1. The highest BCUT2D eigenvalue weighted by molar-refractivity contribution is 8.00. The van der Waals surface area contributed by atoms with Crippen molar-refractivity contribution in [2.75, 3.05) is 52.2 Å². The first-order valence-corrected chi connectivity index (χ1v) is 8.72. The van der Waals surface area contributed by atoms with Gasteiger partial charge in [-0.05, 0) is 25.5 Å². The Kier molecular flexibility index (Phi) is 6.96. The van der Waals surface area contributed by atoms with Gasteiger partial charge in [0.2, 0.25) is 0 Å². The Morgan fingerprint density at radius 3 is 3.05 bits per heavy atom. The molecule has 0 radical (unpaired) electrons. The molecule has 2 saturated heterocycles. The van der Waals surface area contributed by atoms with Crippen LogP contribution in [0.15, 0.2) is 4.99 Å². The standard InChI is InChI=1S/C14H28N4OS/c1-12-11-19-8-7-18(12)6-5-16-14(15-2)17-10-13-4-3-9-20-13/h12-13H,3-11H2,1-2H3,(H2,15,16,17). The Balaban J connectivity index is 1.60. The minimum Gasteiger partial charge on any atom is -0.379 e. The molecular formula is C14H28N4OS. The summed E-state index contributed by atoms with van der Waals surface area (Å²) in [6, 6.07) is 0.524. The largest absolute Gasteiger partial charge is 0.379 e. The van der Waals surface area contributed by atoms with Crippen LogP contribution in [0, 0.1) is 0 Å². The normalized spacial score (nSPS) is 28.6. The van der Waals surface area contributed by atoms with Gasteiger partial charge in [-0.25, -0.2) is 0 Å². The smallest absolute Gasteiger partial charge is 0.191 e. The maximum Gasteiger partial charge on any atom is 0.191 e. The molecule has 2 atom stereocenters. The van der Waals surface area contributed by atoms with E-state index in [2.05, 4.69) is 39.2 Å². The van der Waals surface area contributed by atoms with Crippen LogP contribution >= 0.6 is 11.8 Å². The zero-order valence-corrected chi connectivity index (χ0v) is 13.5. The molecule has 0 amide bonds. The Morgan fingerprint density at radius 1 is 1.45 bits per heavy atom. The molecule has 0 aromatic heterocycles. The quantitative estimate of drug-likeness (QED) is 0.580. The molecule has 2 aliphatic rings. The molecule has 20 heavy (non-hydrogen) atoms. The maximum atomic E-state index is 5.46. The highest BCUT2D eigenvalue weighted by atomic mass is 32.2. The van der Waals surface area contributed by atoms with Gasteiger partial charge in [0.05, 0.1) is 13.2 Å². The van der Waals surface area contributed by atoms with Gasteiger partial charge in [0.15, 0.2) is 5.96 Å². The number of aliphatic imine (C=N–C) groups is 1. The van der Waals surface area contributed by atoms with Crippen molar-refractivity contribution in [3.63, 3.8) is 0 Å². The molecule has 0 aromatic rings.